The van der Waals surface area contributed by atoms with Gasteiger partial charge in [0, 0.05) is 18.8 Å². The van der Waals surface area contributed by atoms with Crippen LogP contribution in [0.1, 0.15) is 72.7 Å². The highest BCUT2D eigenvalue weighted by Gasteiger charge is 2.21. The van der Waals surface area contributed by atoms with Crippen molar-refractivity contribution in [1.29, 1.82) is 0 Å². The van der Waals surface area contributed by atoms with Crippen molar-refractivity contribution in [3.05, 3.63) is 45.9 Å². The standard InChI is InChI=1S/C22H32N6O2.2ClH/c1-16-9-11-27(14-17-6-5-10-23-12-17)22(30)20(16)21(29)24-13-19-26-25-15-28(19)18-7-3-2-4-8-18;;/h9,11,15,17-18,23H,2-8,10,12-14H2,1H3,(H,24,29);2*1H. The highest BCUT2D eigenvalue weighted by Crippen LogP contribution is 2.28. The van der Waals surface area contributed by atoms with Crippen LogP contribution in [0.3, 0.4) is 0 Å². The van der Waals surface area contributed by atoms with E-state index >= 15 is 0 Å². The predicted octanol–water partition coefficient (Wildman–Crippen LogP) is 3.03. The molecule has 1 saturated carbocycles. The maximum atomic E-state index is 13.0. The number of rotatable bonds is 6. The van der Waals surface area contributed by atoms with E-state index in [1.807, 2.05) is 19.2 Å². The van der Waals surface area contributed by atoms with Gasteiger partial charge in [-0.15, -0.1) is 35.0 Å². The first-order valence-electron chi connectivity index (χ1n) is 11.2. The minimum Gasteiger partial charge on any atom is -0.345 e. The molecule has 10 heteroatoms. The molecule has 32 heavy (non-hydrogen) atoms. The SMILES string of the molecule is Cc1ccn(CC2CCCNC2)c(=O)c1C(=O)NCc1nncn1C1CCCCC1.Cl.Cl. The Labute approximate surface area is 201 Å². The van der Waals surface area contributed by atoms with Crippen molar-refractivity contribution in [3.8, 4) is 0 Å². The Morgan fingerprint density at radius 3 is 2.69 bits per heavy atom. The fraction of sp³-hybridized carbons (Fsp3) is 0.636. The number of aromatic nitrogens is 4. The average molecular weight is 485 g/mol. The van der Waals surface area contributed by atoms with Gasteiger partial charge in [-0.05, 0) is 63.2 Å². The summed E-state index contributed by atoms with van der Waals surface area (Å²) in [6, 6.07) is 2.26. The van der Waals surface area contributed by atoms with Crippen LogP contribution in [0.2, 0.25) is 0 Å². The van der Waals surface area contributed by atoms with Gasteiger partial charge in [0.25, 0.3) is 11.5 Å². The molecule has 1 unspecified atom stereocenters. The van der Waals surface area contributed by atoms with E-state index in [0.717, 1.165) is 44.6 Å². The first kappa shape index (κ1) is 26.4. The third-order valence-corrected chi connectivity index (χ3v) is 6.48. The van der Waals surface area contributed by atoms with Gasteiger partial charge in [-0.25, -0.2) is 0 Å². The number of aryl methyl sites for hydroxylation is 1. The highest BCUT2D eigenvalue weighted by molar-refractivity contribution is 5.95. The molecule has 1 saturated heterocycles. The molecule has 0 radical (unpaired) electrons. The number of amides is 1. The summed E-state index contributed by atoms with van der Waals surface area (Å²) in [5.74, 6) is 0.827. The van der Waals surface area contributed by atoms with Gasteiger partial charge in [-0.3, -0.25) is 9.59 Å². The summed E-state index contributed by atoms with van der Waals surface area (Å²) in [6.45, 7) is 4.68. The first-order valence-corrected chi connectivity index (χ1v) is 11.2. The largest absolute Gasteiger partial charge is 0.345 e. The Morgan fingerprint density at radius 2 is 1.97 bits per heavy atom. The zero-order chi connectivity index (χ0) is 20.9. The summed E-state index contributed by atoms with van der Waals surface area (Å²) >= 11 is 0. The molecule has 2 aromatic rings. The summed E-state index contributed by atoms with van der Waals surface area (Å²) in [6.07, 6.45) is 11.8. The Balaban J connectivity index is 0.00000181. The van der Waals surface area contributed by atoms with Crippen molar-refractivity contribution in [3.63, 3.8) is 0 Å². The molecule has 2 aliphatic rings. The number of hydrogen-bond donors (Lipinski definition) is 2. The van der Waals surface area contributed by atoms with E-state index < -0.39 is 0 Å². The van der Waals surface area contributed by atoms with Gasteiger partial charge >= 0.3 is 0 Å². The molecule has 1 amide bonds. The monoisotopic (exact) mass is 484 g/mol. The summed E-state index contributed by atoms with van der Waals surface area (Å²) in [4.78, 5) is 25.9. The van der Waals surface area contributed by atoms with E-state index in [-0.39, 0.29) is 48.4 Å². The molecule has 1 aliphatic heterocycles. The van der Waals surface area contributed by atoms with Gasteiger partial charge in [-0.1, -0.05) is 19.3 Å². The van der Waals surface area contributed by atoms with Crippen LogP contribution in [0, 0.1) is 12.8 Å². The zero-order valence-corrected chi connectivity index (χ0v) is 20.2. The van der Waals surface area contributed by atoms with Crippen LogP contribution in [-0.4, -0.2) is 38.3 Å². The lowest BCUT2D eigenvalue weighted by Gasteiger charge is -2.24. The molecule has 0 bridgehead atoms. The topological polar surface area (TPSA) is 93.8 Å². The van der Waals surface area contributed by atoms with E-state index in [2.05, 4.69) is 25.4 Å². The number of carbonyl (C=O) groups is 1. The van der Waals surface area contributed by atoms with Crippen LogP contribution in [0.15, 0.2) is 23.4 Å². The third-order valence-electron chi connectivity index (χ3n) is 6.48. The second kappa shape index (κ2) is 12.4. The minimum atomic E-state index is -0.341. The molecular weight excluding hydrogens is 451 g/mol. The molecule has 3 heterocycles. The van der Waals surface area contributed by atoms with E-state index in [9.17, 15) is 9.59 Å². The zero-order valence-electron chi connectivity index (χ0n) is 18.6. The lowest BCUT2D eigenvalue weighted by Crippen LogP contribution is -2.38. The lowest BCUT2D eigenvalue weighted by atomic mass is 9.95. The molecule has 2 fully saturated rings. The smallest absolute Gasteiger partial charge is 0.263 e. The van der Waals surface area contributed by atoms with Gasteiger partial charge in [0.05, 0.1) is 6.54 Å². The minimum absolute atomic E-state index is 0. The van der Waals surface area contributed by atoms with E-state index in [1.165, 1.54) is 19.3 Å². The number of nitrogens with one attached hydrogen (secondary N) is 2. The van der Waals surface area contributed by atoms with E-state index in [0.29, 0.717) is 24.1 Å². The summed E-state index contributed by atoms with van der Waals surface area (Å²) in [5, 5.41) is 14.5. The van der Waals surface area contributed by atoms with Crippen LogP contribution in [0.4, 0.5) is 0 Å². The Kier molecular flexibility index (Phi) is 10.2. The molecule has 2 aromatic heterocycles. The lowest BCUT2D eigenvalue weighted by molar-refractivity contribution is 0.0946. The Hall–Kier alpha value is -1.90. The Morgan fingerprint density at radius 1 is 1.19 bits per heavy atom. The maximum absolute atomic E-state index is 13.0. The van der Waals surface area contributed by atoms with Gasteiger partial charge in [0.15, 0.2) is 5.82 Å². The van der Waals surface area contributed by atoms with E-state index in [1.54, 1.807) is 10.9 Å². The number of halogens is 2. The predicted molar refractivity (Wildman–Crippen MR) is 129 cm³/mol. The molecule has 1 atom stereocenters. The van der Waals surface area contributed by atoms with Gasteiger partial charge in [-0.2, -0.15) is 0 Å². The molecule has 0 spiro atoms. The summed E-state index contributed by atoms with van der Waals surface area (Å²) in [7, 11) is 0. The molecule has 8 nitrogen and oxygen atoms in total. The molecule has 0 aromatic carbocycles. The third kappa shape index (κ3) is 6.11. The number of carbonyl (C=O) groups excluding carboxylic acids is 1. The van der Waals surface area contributed by atoms with Crippen LogP contribution in [-0.2, 0) is 13.1 Å². The quantitative estimate of drug-likeness (QED) is 0.656. The first-order chi connectivity index (χ1) is 14.6. The van der Waals surface area contributed by atoms with Gasteiger partial charge in [0.2, 0.25) is 0 Å². The van der Waals surface area contributed by atoms with Crippen molar-refractivity contribution >= 4 is 30.7 Å². The Bertz CT molecular complexity index is 933. The average Bonchev–Trinajstić information content (AvgIpc) is 3.24. The molecule has 4 rings (SSSR count). The van der Waals surface area contributed by atoms with E-state index in [4.69, 9.17) is 0 Å². The van der Waals surface area contributed by atoms with Gasteiger partial charge < -0.3 is 19.8 Å². The number of nitrogens with zero attached hydrogens (tertiary/aromatic N) is 4. The van der Waals surface area contributed by atoms with Crippen molar-refractivity contribution in [2.75, 3.05) is 13.1 Å². The van der Waals surface area contributed by atoms with Crippen LogP contribution < -0.4 is 16.2 Å². The molecule has 2 N–H and O–H groups in total. The fourth-order valence-corrected chi connectivity index (χ4v) is 4.75. The molecular formula is C22H34Cl2N6O2. The molecule has 178 valence electrons. The van der Waals surface area contributed by atoms with Crippen molar-refractivity contribution in [2.24, 2.45) is 5.92 Å². The number of pyridine rings is 1. The normalized spacial score (nSPS) is 19.0. The van der Waals surface area contributed by atoms with Crippen molar-refractivity contribution in [2.45, 2.75) is 71.0 Å². The van der Waals surface area contributed by atoms with Crippen LogP contribution >= 0.6 is 24.8 Å². The summed E-state index contributed by atoms with van der Waals surface area (Å²) < 4.78 is 3.77. The molecule has 1 aliphatic carbocycles. The number of hydrogen-bond acceptors (Lipinski definition) is 5. The van der Waals surface area contributed by atoms with Crippen LogP contribution in [0.5, 0.6) is 0 Å². The summed E-state index contributed by atoms with van der Waals surface area (Å²) in [5.41, 5.74) is 0.709. The van der Waals surface area contributed by atoms with Crippen LogP contribution in [0.25, 0.3) is 0 Å². The highest BCUT2D eigenvalue weighted by atomic mass is 35.5. The van der Waals surface area contributed by atoms with Crippen molar-refractivity contribution < 1.29 is 4.79 Å². The second-order valence-corrected chi connectivity index (χ2v) is 8.67. The second-order valence-electron chi connectivity index (χ2n) is 8.67. The van der Waals surface area contributed by atoms with Crippen molar-refractivity contribution in [1.82, 2.24) is 30.0 Å². The van der Waals surface area contributed by atoms with Gasteiger partial charge in [0.1, 0.15) is 11.9 Å². The maximum Gasteiger partial charge on any atom is 0.263 e. The number of piperidine rings is 1. The fourth-order valence-electron chi connectivity index (χ4n) is 4.75.